The number of aromatic nitrogens is 1. The predicted molar refractivity (Wildman–Crippen MR) is 98.4 cm³/mol. The maximum Gasteiger partial charge on any atom is 0.336 e. The predicted octanol–water partition coefficient (Wildman–Crippen LogP) is 3.86. The summed E-state index contributed by atoms with van der Waals surface area (Å²) in [6.07, 6.45) is 4.82. The van der Waals surface area contributed by atoms with Gasteiger partial charge in [-0.2, -0.15) is 0 Å². The zero-order chi connectivity index (χ0) is 17.2. The summed E-state index contributed by atoms with van der Waals surface area (Å²) >= 11 is 1.45. The lowest BCUT2D eigenvalue weighted by atomic mass is 10.2. The molecular weight excluding hydrogens is 338 g/mol. The van der Waals surface area contributed by atoms with Crippen molar-refractivity contribution >= 4 is 39.0 Å². The van der Waals surface area contributed by atoms with Gasteiger partial charge in [-0.05, 0) is 37.1 Å². The normalized spacial score (nSPS) is 14.7. The highest BCUT2D eigenvalue weighted by atomic mass is 32.1. The van der Waals surface area contributed by atoms with Crippen LogP contribution in [0.15, 0.2) is 44.9 Å². The van der Waals surface area contributed by atoms with Crippen molar-refractivity contribution in [3.8, 4) is 0 Å². The van der Waals surface area contributed by atoms with E-state index in [0.29, 0.717) is 23.0 Å². The molecule has 0 bridgehead atoms. The molecule has 1 fully saturated rings. The van der Waals surface area contributed by atoms with E-state index in [1.165, 1.54) is 30.2 Å². The summed E-state index contributed by atoms with van der Waals surface area (Å²) in [7, 11) is 0. The first-order valence-corrected chi connectivity index (χ1v) is 9.13. The van der Waals surface area contributed by atoms with E-state index in [1.54, 1.807) is 29.6 Å². The van der Waals surface area contributed by atoms with Crippen LogP contribution in [0.25, 0.3) is 11.0 Å². The number of anilines is 2. The Morgan fingerprint density at radius 2 is 2.04 bits per heavy atom. The second kappa shape index (κ2) is 6.68. The molecule has 2 aromatic heterocycles. The molecule has 0 radical (unpaired) electrons. The third kappa shape index (κ3) is 3.56. The molecule has 0 spiro atoms. The van der Waals surface area contributed by atoms with Crippen molar-refractivity contribution in [2.75, 3.05) is 10.6 Å². The van der Waals surface area contributed by atoms with E-state index in [2.05, 4.69) is 15.6 Å². The van der Waals surface area contributed by atoms with Crippen molar-refractivity contribution in [3.63, 3.8) is 0 Å². The zero-order valence-corrected chi connectivity index (χ0v) is 14.3. The van der Waals surface area contributed by atoms with Gasteiger partial charge in [-0.25, -0.2) is 9.78 Å². The van der Waals surface area contributed by atoms with Crippen LogP contribution in [0.5, 0.6) is 0 Å². The molecular formula is C18H17N3O3S. The Balaban J connectivity index is 1.47. The number of amides is 1. The molecule has 2 N–H and O–H groups in total. The number of nitrogens with one attached hydrogen (secondary N) is 2. The SMILES string of the molecule is O=C(Nc1ccc2oc(=O)ccc2c1)c1csc(NC2CCCC2)n1. The molecule has 1 aliphatic rings. The second-order valence-electron chi connectivity index (χ2n) is 6.12. The second-order valence-corrected chi connectivity index (χ2v) is 6.98. The summed E-state index contributed by atoms with van der Waals surface area (Å²) in [6, 6.07) is 8.63. The van der Waals surface area contributed by atoms with Crippen LogP contribution in [0.1, 0.15) is 36.2 Å². The lowest BCUT2D eigenvalue weighted by Gasteiger charge is -2.09. The van der Waals surface area contributed by atoms with Crippen LogP contribution in [-0.2, 0) is 0 Å². The molecule has 6 nitrogen and oxygen atoms in total. The average molecular weight is 355 g/mol. The van der Waals surface area contributed by atoms with Crippen LogP contribution in [0, 0.1) is 0 Å². The third-order valence-electron chi connectivity index (χ3n) is 4.30. The number of carbonyl (C=O) groups excluding carboxylic acids is 1. The Kier molecular flexibility index (Phi) is 4.23. The summed E-state index contributed by atoms with van der Waals surface area (Å²) in [4.78, 5) is 28.0. The quantitative estimate of drug-likeness (QED) is 0.694. The average Bonchev–Trinajstić information content (AvgIpc) is 3.27. The van der Waals surface area contributed by atoms with Gasteiger partial charge in [0, 0.05) is 28.6 Å². The van der Waals surface area contributed by atoms with E-state index in [9.17, 15) is 9.59 Å². The standard InChI is InChI=1S/C18H17N3O3S/c22-16-8-5-11-9-13(6-7-15(11)24-16)19-17(23)14-10-25-18(21-14)20-12-3-1-2-4-12/h5-10,12H,1-4H2,(H,19,23)(H,20,21). The topological polar surface area (TPSA) is 84.2 Å². The molecule has 1 aromatic carbocycles. The maximum absolute atomic E-state index is 12.4. The number of benzene rings is 1. The zero-order valence-electron chi connectivity index (χ0n) is 13.5. The first-order chi connectivity index (χ1) is 12.2. The molecule has 25 heavy (non-hydrogen) atoms. The minimum Gasteiger partial charge on any atom is -0.423 e. The number of hydrogen-bond donors (Lipinski definition) is 2. The molecule has 1 amide bonds. The Morgan fingerprint density at radius 3 is 2.88 bits per heavy atom. The van der Waals surface area contributed by atoms with Gasteiger partial charge in [-0.15, -0.1) is 11.3 Å². The number of hydrogen-bond acceptors (Lipinski definition) is 6. The minimum atomic E-state index is -0.394. The van der Waals surface area contributed by atoms with Crippen molar-refractivity contribution in [2.45, 2.75) is 31.7 Å². The van der Waals surface area contributed by atoms with E-state index in [-0.39, 0.29) is 5.91 Å². The highest BCUT2D eigenvalue weighted by Crippen LogP contribution is 2.25. The van der Waals surface area contributed by atoms with Crippen LogP contribution in [0.3, 0.4) is 0 Å². The van der Waals surface area contributed by atoms with Crippen LogP contribution >= 0.6 is 11.3 Å². The summed E-state index contributed by atoms with van der Waals surface area (Å²) in [5.74, 6) is -0.257. The molecule has 0 aliphatic heterocycles. The number of nitrogens with zero attached hydrogens (tertiary/aromatic N) is 1. The first kappa shape index (κ1) is 15.8. The van der Waals surface area contributed by atoms with E-state index in [0.717, 1.165) is 23.4 Å². The number of rotatable bonds is 4. The largest absolute Gasteiger partial charge is 0.423 e. The minimum absolute atomic E-state index is 0.257. The molecule has 2 heterocycles. The fourth-order valence-electron chi connectivity index (χ4n) is 3.03. The summed E-state index contributed by atoms with van der Waals surface area (Å²) in [5.41, 5.74) is 1.12. The Bertz CT molecular complexity index is 973. The van der Waals surface area contributed by atoms with Crippen molar-refractivity contribution in [2.24, 2.45) is 0 Å². The van der Waals surface area contributed by atoms with Crippen molar-refractivity contribution in [1.29, 1.82) is 0 Å². The van der Waals surface area contributed by atoms with Gasteiger partial charge in [-0.3, -0.25) is 4.79 Å². The van der Waals surface area contributed by atoms with E-state index < -0.39 is 5.63 Å². The fourth-order valence-corrected chi connectivity index (χ4v) is 3.80. The van der Waals surface area contributed by atoms with Gasteiger partial charge in [0.2, 0.25) is 0 Å². The molecule has 1 aliphatic carbocycles. The molecule has 128 valence electrons. The van der Waals surface area contributed by atoms with Crippen molar-refractivity contribution < 1.29 is 9.21 Å². The lowest BCUT2D eigenvalue weighted by Crippen LogP contribution is -2.15. The monoisotopic (exact) mass is 355 g/mol. The lowest BCUT2D eigenvalue weighted by molar-refractivity contribution is 0.102. The smallest absolute Gasteiger partial charge is 0.336 e. The Morgan fingerprint density at radius 1 is 1.20 bits per heavy atom. The highest BCUT2D eigenvalue weighted by molar-refractivity contribution is 7.13. The van der Waals surface area contributed by atoms with Crippen molar-refractivity contribution in [1.82, 2.24) is 4.98 Å². The Labute approximate surface area is 147 Å². The third-order valence-corrected chi connectivity index (χ3v) is 5.07. The number of carbonyl (C=O) groups is 1. The van der Waals surface area contributed by atoms with E-state index in [1.807, 2.05) is 0 Å². The molecule has 0 atom stereocenters. The number of thiazole rings is 1. The molecule has 3 aromatic rings. The van der Waals surface area contributed by atoms with Gasteiger partial charge in [0.05, 0.1) is 0 Å². The van der Waals surface area contributed by atoms with Crippen LogP contribution < -0.4 is 16.3 Å². The van der Waals surface area contributed by atoms with Crippen LogP contribution in [-0.4, -0.2) is 16.9 Å². The number of fused-ring (bicyclic) bond motifs is 1. The van der Waals surface area contributed by atoms with Gasteiger partial charge < -0.3 is 15.1 Å². The van der Waals surface area contributed by atoms with Gasteiger partial charge in [0.1, 0.15) is 11.3 Å². The summed E-state index contributed by atoms with van der Waals surface area (Å²) in [6.45, 7) is 0. The molecule has 7 heteroatoms. The van der Waals surface area contributed by atoms with Gasteiger partial charge in [0.15, 0.2) is 5.13 Å². The summed E-state index contributed by atoms with van der Waals surface area (Å²) < 4.78 is 5.09. The van der Waals surface area contributed by atoms with Crippen molar-refractivity contribution in [3.05, 3.63) is 51.8 Å². The molecule has 4 rings (SSSR count). The highest BCUT2D eigenvalue weighted by Gasteiger charge is 2.17. The molecule has 1 saturated carbocycles. The van der Waals surface area contributed by atoms with E-state index in [4.69, 9.17) is 4.42 Å². The molecule has 0 unspecified atom stereocenters. The fraction of sp³-hybridized carbons (Fsp3) is 0.278. The van der Waals surface area contributed by atoms with Gasteiger partial charge >= 0.3 is 5.63 Å². The van der Waals surface area contributed by atoms with Crippen LogP contribution in [0.2, 0.25) is 0 Å². The first-order valence-electron chi connectivity index (χ1n) is 8.25. The van der Waals surface area contributed by atoms with Gasteiger partial charge in [0.25, 0.3) is 5.91 Å². The van der Waals surface area contributed by atoms with Crippen LogP contribution in [0.4, 0.5) is 10.8 Å². The maximum atomic E-state index is 12.4. The molecule has 0 saturated heterocycles. The van der Waals surface area contributed by atoms with E-state index >= 15 is 0 Å². The Hall–Kier alpha value is -2.67. The summed E-state index contributed by atoms with van der Waals surface area (Å²) in [5, 5.41) is 9.52. The van der Waals surface area contributed by atoms with Gasteiger partial charge in [-0.1, -0.05) is 12.8 Å².